The first-order valence-electron chi connectivity index (χ1n) is 7.10. The van der Waals surface area contributed by atoms with Gasteiger partial charge in [-0.25, -0.2) is 0 Å². The standard InChI is InChI=1S/C17H18BrN3/c1-13-12-21(16-9-7-15(18)8-10-16)20-17(13)19-11-14-5-3-2-4-6-14/h2-10,13H,11-12H2,1H3,(H,19,20). The van der Waals surface area contributed by atoms with Crippen molar-refractivity contribution in [3.05, 3.63) is 64.6 Å². The van der Waals surface area contributed by atoms with E-state index in [0.29, 0.717) is 5.92 Å². The van der Waals surface area contributed by atoms with Crippen LogP contribution in [0.3, 0.4) is 0 Å². The van der Waals surface area contributed by atoms with Gasteiger partial charge >= 0.3 is 0 Å². The Morgan fingerprint density at radius 1 is 1.14 bits per heavy atom. The number of benzene rings is 2. The number of halogens is 1. The Labute approximate surface area is 133 Å². The van der Waals surface area contributed by atoms with Gasteiger partial charge in [-0.05, 0) is 29.8 Å². The number of hydrogen-bond acceptors (Lipinski definition) is 2. The Morgan fingerprint density at radius 3 is 2.57 bits per heavy atom. The van der Waals surface area contributed by atoms with E-state index in [1.54, 1.807) is 0 Å². The molecule has 4 heteroatoms. The van der Waals surface area contributed by atoms with E-state index in [1.165, 1.54) is 5.56 Å². The zero-order chi connectivity index (χ0) is 14.7. The van der Waals surface area contributed by atoms with Crippen LogP contribution in [0.4, 0.5) is 5.69 Å². The largest absolute Gasteiger partial charge is 0.286 e. The van der Waals surface area contributed by atoms with Gasteiger partial charge in [-0.2, -0.15) is 0 Å². The Morgan fingerprint density at radius 2 is 1.86 bits per heavy atom. The van der Waals surface area contributed by atoms with Crippen LogP contribution in [-0.2, 0) is 6.54 Å². The number of amidine groups is 1. The summed E-state index contributed by atoms with van der Waals surface area (Å²) in [4.78, 5) is 4.72. The molecule has 1 saturated heterocycles. The van der Waals surface area contributed by atoms with Crippen LogP contribution in [0.15, 0.2) is 64.1 Å². The minimum Gasteiger partial charge on any atom is -0.286 e. The molecule has 0 bridgehead atoms. The summed E-state index contributed by atoms with van der Waals surface area (Å²) in [5, 5.41) is 2.15. The first-order chi connectivity index (χ1) is 10.2. The molecule has 108 valence electrons. The van der Waals surface area contributed by atoms with Crippen molar-refractivity contribution >= 4 is 27.5 Å². The molecule has 1 heterocycles. The SMILES string of the molecule is CC1CN(c2ccc(Br)cc2)NC1=NCc1ccccc1. The molecule has 0 aromatic heterocycles. The molecular formula is C17H18BrN3. The zero-order valence-corrected chi connectivity index (χ0v) is 13.5. The van der Waals surface area contributed by atoms with E-state index in [9.17, 15) is 0 Å². The maximum Gasteiger partial charge on any atom is 0.120 e. The van der Waals surface area contributed by atoms with E-state index in [0.717, 1.165) is 29.1 Å². The van der Waals surface area contributed by atoms with Crippen molar-refractivity contribution in [2.45, 2.75) is 13.5 Å². The smallest absolute Gasteiger partial charge is 0.120 e. The van der Waals surface area contributed by atoms with E-state index in [2.05, 4.69) is 81.8 Å². The second-order valence-electron chi connectivity index (χ2n) is 5.29. The molecule has 0 aliphatic carbocycles. The number of hydrazine groups is 1. The third kappa shape index (κ3) is 3.45. The molecule has 0 radical (unpaired) electrons. The van der Waals surface area contributed by atoms with E-state index in [-0.39, 0.29) is 0 Å². The fraction of sp³-hybridized carbons (Fsp3) is 0.235. The second-order valence-corrected chi connectivity index (χ2v) is 6.20. The summed E-state index contributed by atoms with van der Waals surface area (Å²) in [6, 6.07) is 18.7. The normalized spacial score (nSPS) is 19.8. The van der Waals surface area contributed by atoms with Crippen molar-refractivity contribution in [2.24, 2.45) is 10.9 Å². The fourth-order valence-electron chi connectivity index (χ4n) is 2.40. The highest BCUT2D eigenvalue weighted by atomic mass is 79.9. The third-order valence-corrected chi connectivity index (χ3v) is 4.11. The Hall–Kier alpha value is -1.81. The van der Waals surface area contributed by atoms with Gasteiger partial charge < -0.3 is 0 Å². The van der Waals surface area contributed by atoms with Crippen LogP contribution in [0.5, 0.6) is 0 Å². The van der Waals surface area contributed by atoms with Gasteiger partial charge in [-0.15, -0.1) is 0 Å². The predicted molar refractivity (Wildman–Crippen MR) is 91.4 cm³/mol. The van der Waals surface area contributed by atoms with Crippen molar-refractivity contribution in [3.63, 3.8) is 0 Å². The Balaban J connectivity index is 1.69. The van der Waals surface area contributed by atoms with E-state index in [4.69, 9.17) is 4.99 Å². The van der Waals surface area contributed by atoms with Crippen LogP contribution < -0.4 is 10.4 Å². The average molecular weight is 344 g/mol. The van der Waals surface area contributed by atoms with E-state index in [1.807, 2.05) is 6.07 Å². The summed E-state index contributed by atoms with van der Waals surface area (Å²) in [5.41, 5.74) is 5.81. The molecule has 3 rings (SSSR count). The van der Waals surface area contributed by atoms with Gasteiger partial charge in [0.2, 0.25) is 0 Å². The van der Waals surface area contributed by atoms with E-state index >= 15 is 0 Å². The first-order valence-corrected chi connectivity index (χ1v) is 7.90. The summed E-state index contributed by atoms with van der Waals surface area (Å²) < 4.78 is 1.09. The van der Waals surface area contributed by atoms with Gasteiger partial charge in [0.25, 0.3) is 0 Å². The van der Waals surface area contributed by atoms with Gasteiger partial charge in [0, 0.05) is 16.9 Å². The Kier molecular flexibility index (Phi) is 4.25. The van der Waals surface area contributed by atoms with Gasteiger partial charge in [0.1, 0.15) is 5.84 Å². The zero-order valence-electron chi connectivity index (χ0n) is 12.0. The fourth-order valence-corrected chi connectivity index (χ4v) is 2.66. The topological polar surface area (TPSA) is 27.6 Å². The highest BCUT2D eigenvalue weighted by Crippen LogP contribution is 2.21. The predicted octanol–water partition coefficient (Wildman–Crippen LogP) is 4.01. The van der Waals surface area contributed by atoms with Crippen LogP contribution in [0, 0.1) is 5.92 Å². The lowest BCUT2D eigenvalue weighted by atomic mass is 10.1. The second kappa shape index (κ2) is 6.31. The number of nitrogens with one attached hydrogen (secondary N) is 1. The van der Waals surface area contributed by atoms with Crippen molar-refractivity contribution < 1.29 is 0 Å². The lowest BCUT2D eigenvalue weighted by Gasteiger charge is -2.18. The maximum absolute atomic E-state index is 4.72. The number of rotatable bonds is 3. The monoisotopic (exact) mass is 343 g/mol. The van der Waals surface area contributed by atoms with Crippen LogP contribution in [-0.4, -0.2) is 12.4 Å². The molecule has 3 nitrogen and oxygen atoms in total. The molecule has 1 fully saturated rings. The summed E-state index contributed by atoms with van der Waals surface area (Å²) >= 11 is 3.47. The van der Waals surface area contributed by atoms with E-state index < -0.39 is 0 Å². The molecule has 1 aliphatic heterocycles. The van der Waals surface area contributed by atoms with Crippen LogP contribution in [0.2, 0.25) is 0 Å². The molecule has 0 spiro atoms. The maximum atomic E-state index is 4.72. The minimum absolute atomic E-state index is 0.414. The van der Waals surface area contributed by atoms with Crippen molar-refractivity contribution in [2.75, 3.05) is 11.6 Å². The molecule has 1 atom stereocenters. The Bertz CT molecular complexity index is 622. The lowest BCUT2D eigenvalue weighted by Crippen LogP contribution is -2.33. The molecule has 21 heavy (non-hydrogen) atoms. The summed E-state index contributed by atoms with van der Waals surface area (Å²) in [5.74, 6) is 1.47. The van der Waals surface area contributed by atoms with Crippen molar-refractivity contribution in [3.8, 4) is 0 Å². The first kappa shape index (κ1) is 14.1. The van der Waals surface area contributed by atoms with Crippen molar-refractivity contribution in [1.82, 2.24) is 5.43 Å². The summed E-state index contributed by atoms with van der Waals surface area (Å²) in [6.07, 6.45) is 0. The van der Waals surface area contributed by atoms with Gasteiger partial charge in [0.05, 0.1) is 12.2 Å². The van der Waals surface area contributed by atoms with Gasteiger partial charge in [0.15, 0.2) is 0 Å². The molecule has 2 aromatic carbocycles. The molecule has 0 saturated carbocycles. The number of nitrogens with zero attached hydrogens (tertiary/aromatic N) is 2. The molecule has 1 N–H and O–H groups in total. The molecule has 2 aromatic rings. The number of aliphatic imine (C=N–C) groups is 1. The highest BCUT2D eigenvalue weighted by molar-refractivity contribution is 9.10. The summed E-state index contributed by atoms with van der Waals surface area (Å²) in [6.45, 7) is 3.87. The van der Waals surface area contributed by atoms with Gasteiger partial charge in [-0.3, -0.25) is 15.4 Å². The number of anilines is 1. The molecule has 0 amide bonds. The molecular weight excluding hydrogens is 326 g/mol. The molecule has 1 unspecified atom stereocenters. The highest BCUT2D eigenvalue weighted by Gasteiger charge is 2.24. The van der Waals surface area contributed by atoms with Crippen LogP contribution >= 0.6 is 15.9 Å². The van der Waals surface area contributed by atoms with Crippen LogP contribution in [0.25, 0.3) is 0 Å². The van der Waals surface area contributed by atoms with Crippen LogP contribution in [0.1, 0.15) is 12.5 Å². The van der Waals surface area contributed by atoms with Gasteiger partial charge in [-0.1, -0.05) is 53.2 Å². The lowest BCUT2D eigenvalue weighted by molar-refractivity contribution is 0.772. The minimum atomic E-state index is 0.414. The average Bonchev–Trinajstić information content (AvgIpc) is 2.88. The summed E-state index contributed by atoms with van der Waals surface area (Å²) in [7, 11) is 0. The quantitative estimate of drug-likeness (QED) is 0.911. The molecule has 1 aliphatic rings. The number of hydrogen-bond donors (Lipinski definition) is 1. The van der Waals surface area contributed by atoms with Crippen molar-refractivity contribution in [1.29, 1.82) is 0 Å². The third-order valence-electron chi connectivity index (χ3n) is 3.59.